The molecule has 1 spiro atoms. The van der Waals surface area contributed by atoms with E-state index in [2.05, 4.69) is 16.0 Å². The first-order valence-corrected chi connectivity index (χ1v) is 10.6. The largest absolute Gasteiger partial charge is 0.352 e. The molecule has 0 aromatic heterocycles. The van der Waals surface area contributed by atoms with E-state index in [4.69, 9.17) is 10.00 Å². The summed E-state index contributed by atoms with van der Waals surface area (Å²) in [4.78, 5) is 22.3. The Balaban J connectivity index is 1.33. The lowest BCUT2D eigenvalue weighted by atomic mass is 9.90. The van der Waals surface area contributed by atoms with Gasteiger partial charge in [0, 0.05) is 32.0 Å². The Morgan fingerprint density at radius 2 is 1.93 bits per heavy atom. The van der Waals surface area contributed by atoms with Crippen molar-refractivity contribution in [1.82, 2.24) is 9.80 Å². The maximum absolute atomic E-state index is 13.7. The van der Waals surface area contributed by atoms with Crippen LogP contribution in [0.5, 0.6) is 0 Å². The quantitative estimate of drug-likeness (QED) is 0.562. The number of benzene rings is 1. The minimum Gasteiger partial charge on any atom is -0.352 e. The number of nitrogens with zero attached hydrogens (tertiary/aromatic N) is 4. The fourth-order valence-corrected chi connectivity index (χ4v) is 5.69. The minimum absolute atomic E-state index is 0.0792. The number of aliphatic imine (C=N–C) groups is 1. The molecule has 0 unspecified atom stereocenters. The van der Waals surface area contributed by atoms with Gasteiger partial charge in [-0.2, -0.15) is 5.26 Å². The molecule has 1 amide bonds. The summed E-state index contributed by atoms with van der Waals surface area (Å²) in [6, 6.07) is 5.26. The van der Waals surface area contributed by atoms with Crippen LogP contribution in [0.4, 0.5) is 8.78 Å². The van der Waals surface area contributed by atoms with Crippen LogP contribution >= 0.6 is 11.4 Å². The normalized spacial score (nSPS) is 28.1. The van der Waals surface area contributed by atoms with Crippen LogP contribution in [0.3, 0.4) is 0 Å². The summed E-state index contributed by atoms with van der Waals surface area (Å²) >= 11 is 0.853. The summed E-state index contributed by atoms with van der Waals surface area (Å²) in [5.74, 6) is -1.35. The molecule has 29 heavy (non-hydrogen) atoms. The lowest BCUT2D eigenvalue weighted by Gasteiger charge is -2.38. The van der Waals surface area contributed by atoms with Gasteiger partial charge in [-0.25, -0.2) is 8.78 Å². The molecule has 4 aliphatic rings. The van der Waals surface area contributed by atoms with Crippen LogP contribution in [0.25, 0.3) is 0 Å². The lowest BCUT2D eigenvalue weighted by molar-refractivity contribution is -0.142. The van der Waals surface area contributed by atoms with Gasteiger partial charge in [0.2, 0.25) is 0 Å². The predicted molar refractivity (Wildman–Crippen MR) is 105 cm³/mol. The Hall–Kier alpha value is -2.31. The van der Waals surface area contributed by atoms with Gasteiger partial charge in [0.15, 0.2) is 10.8 Å². The van der Waals surface area contributed by atoms with E-state index >= 15 is 0 Å². The Labute approximate surface area is 170 Å². The first-order valence-electron chi connectivity index (χ1n) is 9.73. The van der Waals surface area contributed by atoms with Crippen molar-refractivity contribution in [1.29, 1.82) is 5.26 Å². The molecular formula is C20H20F2N4O2S. The van der Waals surface area contributed by atoms with Gasteiger partial charge in [-0.05, 0) is 30.5 Å². The second-order valence-corrected chi connectivity index (χ2v) is 9.01. The van der Waals surface area contributed by atoms with Crippen molar-refractivity contribution in [2.24, 2.45) is 4.99 Å². The Morgan fingerprint density at radius 1 is 1.21 bits per heavy atom. The second-order valence-electron chi connectivity index (χ2n) is 7.85. The molecule has 5 rings (SSSR count). The summed E-state index contributed by atoms with van der Waals surface area (Å²) in [5.41, 5.74) is -0.390. The molecule has 152 valence electrons. The standard InChI is InChI=1S/C20H20F2N4O2S/c21-13-7-12(8-14(22)9-13)16-1-2-17-26(16)18(27)20(28-17)3-5-25(6-4-20)19-24-11-15(10-23)29-19/h7-9,16-17,29H,1-6,11H2/t16-,17+/m0/s1. The first-order chi connectivity index (χ1) is 14.0. The Bertz CT molecular complexity index is 961. The number of rotatable bonds is 1. The number of carbonyl (C=O) groups excluding carboxylic acids is 1. The number of fused-ring (bicyclic) bond motifs is 1. The molecular weight excluding hydrogens is 398 g/mol. The van der Waals surface area contributed by atoms with Crippen LogP contribution in [0.2, 0.25) is 0 Å². The van der Waals surface area contributed by atoms with Crippen molar-refractivity contribution >= 4 is 27.3 Å². The van der Waals surface area contributed by atoms with Crippen LogP contribution < -0.4 is 0 Å². The molecule has 4 heterocycles. The van der Waals surface area contributed by atoms with Gasteiger partial charge in [-0.3, -0.25) is 9.79 Å². The number of carbonyl (C=O) groups is 1. The van der Waals surface area contributed by atoms with E-state index in [-0.39, 0.29) is 18.2 Å². The lowest BCUT2D eigenvalue weighted by Crippen LogP contribution is -2.51. The average Bonchev–Trinajstić information content (AvgIpc) is 3.39. The maximum atomic E-state index is 13.7. The van der Waals surface area contributed by atoms with E-state index in [0.29, 0.717) is 50.9 Å². The summed E-state index contributed by atoms with van der Waals surface area (Å²) in [6.45, 7) is 1.72. The number of ether oxygens (including phenoxy) is 1. The third kappa shape index (κ3) is 3.06. The highest BCUT2D eigenvalue weighted by Gasteiger charge is 2.58. The molecule has 3 fully saturated rings. The molecule has 6 nitrogen and oxygen atoms in total. The topological polar surface area (TPSA) is 68.9 Å². The number of thiol groups is 1. The van der Waals surface area contributed by atoms with Crippen LogP contribution in [-0.2, 0) is 9.53 Å². The van der Waals surface area contributed by atoms with E-state index in [0.717, 1.165) is 27.4 Å². The summed E-state index contributed by atoms with van der Waals surface area (Å²) in [5, 5.41) is 9.91. The van der Waals surface area contributed by atoms with Crippen molar-refractivity contribution in [2.45, 2.75) is 43.6 Å². The molecule has 2 atom stereocenters. The summed E-state index contributed by atoms with van der Waals surface area (Å²) < 4.78 is 33.7. The molecule has 1 aromatic rings. The zero-order chi connectivity index (χ0) is 20.2. The number of amidine groups is 1. The highest BCUT2D eigenvalue weighted by atomic mass is 32.1. The van der Waals surface area contributed by atoms with E-state index < -0.39 is 17.2 Å². The van der Waals surface area contributed by atoms with E-state index in [1.165, 1.54) is 12.1 Å². The number of hydrogen-bond donors (Lipinski definition) is 1. The van der Waals surface area contributed by atoms with Crippen LogP contribution in [0, 0.1) is 23.0 Å². The number of likely N-dealkylation sites (tertiary alicyclic amines) is 1. The number of hydrogen-bond acceptors (Lipinski definition) is 5. The van der Waals surface area contributed by atoms with E-state index in [9.17, 15) is 13.6 Å². The fraction of sp³-hybridized carbons (Fsp3) is 0.500. The van der Waals surface area contributed by atoms with Gasteiger partial charge in [0.05, 0.1) is 17.5 Å². The van der Waals surface area contributed by atoms with Crippen molar-refractivity contribution in [2.75, 3.05) is 19.6 Å². The van der Waals surface area contributed by atoms with Gasteiger partial charge in [-0.15, -0.1) is 11.4 Å². The summed E-state index contributed by atoms with van der Waals surface area (Å²) in [7, 11) is 0. The van der Waals surface area contributed by atoms with Crippen molar-refractivity contribution in [3.8, 4) is 6.07 Å². The van der Waals surface area contributed by atoms with E-state index in [1.807, 2.05) is 0 Å². The Kier molecular flexibility index (Phi) is 4.44. The molecule has 0 aliphatic carbocycles. The van der Waals surface area contributed by atoms with Gasteiger partial charge in [0.1, 0.15) is 23.9 Å². The third-order valence-corrected chi connectivity index (χ3v) is 7.31. The number of amides is 1. The van der Waals surface area contributed by atoms with Gasteiger partial charge < -0.3 is 14.5 Å². The zero-order valence-electron chi connectivity index (χ0n) is 15.6. The average molecular weight is 418 g/mol. The molecule has 0 saturated carbocycles. The first kappa shape index (κ1) is 18.7. The Morgan fingerprint density at radius 3 is 2.59 bits per heavy atom. The summed E-state index contributed by atoms with van der Waals surface area (Å²) in [6.07, 6.45) is 2.03. The van der Waals surface area contributed by atoms with Crippen LogP contribution in [-0.4, -0.2) is 57.2 Å². The van der Waals surface area contributed by atoms with E-state index in [1.54, 1.807) is 4.90 Å². The smallest absolute Gasteiger partial charge is 0.257 e. The van der Waals surface area contributed by atoms with Crippen molar-refractivity contribution in [3.63, 3.8) is 0 Å². The molecule has 1 aromatic carbocycles. The molecule has 0 bridgehead atoms. The second kappa shape index (κ2) is 6.89. The van der Waals surface area contributed by atoms with Gasteiger partial charge >= 0.3 is 0 Å². The number of nitriles is 1. The van der Waals surface area contributed by atoms with Gasteiger partial charge in [-0.1, -0.05) is 0 Å². The van der Waals surface area contributed by atoms with Crippen molar-refractivity contribution in [3.05, 3.63) is 35.4 Å². The highest BCUT2D eigenvalue weighted by Crippen LogP contribution is 2.47. The molecule has 0 N–H and O–H groups in total. The molecule has 3 saturated heterocycles. The molecule has 9 heteroatoms. The highest BCUT2D eigenvalue weighted by molar-refractivity contribution is 8.13. The van der Waals surface area contributed by atoms with Crippen molar-refractivity contribution < 1.29 is 18.3 Å². The van der Waals surface area contributed by atoms with Crippen LogP contribution in [0.1, 0.15) is 37.3 Å². The van der Waals surface area contributed by atoms with Crippen LogP contribution in [0.15, 0.2) is 23.2 Å². The minimum atomic E-state index is -0.871. The number of piperidine rings is 1. The monoisotopic (exact) mass is 418 g/mol. The number of halogens is 2. The third-order valence-electron chi connectivity index (χ3n) is 6.18. The maximum Gasteiger partial charge on any atom is 0.257 e. The molecule has 0 radical (unpaired) electrons. The zero-order valence-corrected chi connectivity index (χ0v) is 16.5. The van der Waals surface area contributed by atoms with Gasteiger partial charge in [0.25, 0.3) is 5.91 Å². The fourth-order valence-electron chi connectivity index (χ4n) is 4.78. The predicted octanol–water partition coefficient (Wildman–Crippen LogP) is 2.35. The molecule has 4 aliphatic heterocycles. The SMILES string of the molecule is N#CC1=[SH]C(N2CCC3(CC2)O[C@@H]2CC[C@@H](c4cc(F)cc(F)c4)N2C3=O)=NC1.